The molecule has 0 unspecified atom stereocenters. The van der Waals surface area contributed by atoms with E-state index in [1.165, 1.54) is 19.3 Å². The number of hydrogen-bond donors (Lipinski definition) is 0. The van der Waals surface area contributed by atoms with Crippen LogP contribution in [0.3, 0.4) is 0 Å². The van der Waals surface area contributed by atoms with Crippen LogP contribution < -0.4 is 0 Å². The molecule has 1 saturated carbocycles. The molecule has 2 rings (SSSR count). The normalized spacial score (nSPS) is 18.0. The van der Waals surface area contributed by atoms with Gasteiger partial charge in [0.15, 0.2) is 5.78 Å². The van der Waals surface area contributed by atoms with E-state index in [9.17, 15) is 4.79 Å². The van der Waals surface area contributed by atoms with Gasteiger partial charge in [-0.05, 0) is 41.8 Å². The van der Waals surface area contributed by atoms with E-state index in [0.717, 1.165) is 27.1 Å². The van der Waals surface area contributed by atoms with Crippen molar-refractivity contribution in [1.82, 2.24) is 0 Å². The third-order valence-electron chi connectivity index (χ3n) is 3.13. The maximum atomic E-state index is 12.2. The van der Waals surface area contributed by atoms with Crippen LogP contribution in [-0.4, -0.2) is 5.78 Å². The number of hydrogen-bond acceptors (Lipinski definition) is 2. The highest BCUT2D eigenvalue weighted by Crippen LogP contribution is 2.32. The van der Waals surface area contributed by atoms with Crippen molar-refractivity contribution in [3.8, 4) is 0 Å². The number of aryl methyl sites for hydroxylation is 1. The van der Waals surface area contributed by atoms with Crippen molar-refractivity contribution >= 4 is 33.0 Å². The summed E-state index contributed by atoms with van der Waals surface area (Å²) in [6, 6.07) is 1.98. The third-order valence-corrected chi connectivity index (χ3v) is 4.68. The SMILES string of the molecule is Cc1sc(Br)cc1C(=O)C1CCCCC1. The number of ketones is 1. The van der Waals surface area contributed by atoms with Gasteiger partial charge in [0.2, 0.25) is 0 Å². The lowest BCUT2D eigenvalue weighted by Gasteiger charge is -2.20. The average Bonchev–Trinajstić information content (AvgIpc) is 2.58. The van der Waals surface area contributed by atoms with Crippen LogP contribution >= 0.6 is 27.3 Å². The van der Waals surface area contributed by atoms with E-state index in [-0.39, 0.29) is 0 Å². The van der Waals surface area contributed by atoms with Crippen molar-refractivity contribution in [1.29, 1.82) is 0 Å². The molecule has 3 heteroatoms. The Morgan fingerprint density at radius 3 is 2.60 bits per heavy atom. The van der Waals surface area contributed by atoms with Crippen LogP contribution in [0.5, 0.6) is 0 Å². The van der Waals surface area contributed by atoms with Crippen LogP contribution in [-0.2, 0) is 0 Å². The molecule has 1 fully saturated rings. The largest absolute Gasteiger partial charge is 0.294 e. The maximum Gasteiger partial charge on any atom is 0.167 e. The Kier molecular flexibility index (Phi) is 3.62. The number of Topliss-reactive ketones (excluding diaryl/α,β-unsaturated/α-hetero) is 1. The number of carbonyl (C=O) groups is 1. The zero-order chi connectivity index (χ0) is 10.8. The first-order chi connectivity index (χ1) is 7.18. The summed E-state index contributed by atoms with van der Waals surface area (Å²) in [7, 11) is 0. The molecule has 1 aromatic heterocycles. The first-order valence-electron chi connectivity index (χ1n) is 5.48. The molecular weight excluding hydrogens is 272 g/mol. The Labute approximate surface area is 103 Å². The Morgan fingerprint density at radius 2 is 2.07 bits per heavy atom. The molecule has 0 atom stereocenters. The van der Waals surface area contributed by atoms with Crippen molar-refractivity contribution in [2.45, 2.75) is 39.0 Å². The number of rotatable bonds is 2. The van der Waals surface area contributed by atoms with Crippen molar-refractivity contribution in [2.24, 2.45) is 5.92 Å². The summed E-state index contributed by atoms with van der Waals surface area (Å²) in [5, 5.41) is 0. The molecule has 0 spiro atoms. The number of carbonyl (C=O) groups excluding carboxylic acids is 1. The molecule has 0 N–H and O–H groups in total. The zero-order valence-corrected chi connectivity index (χ0v) is 11.3. The summed E-state index contributed by atoms with van der Waals surface area (Å²) in [5.41, 5.74) is 0.943. The molecule has 0 radical (unpaired) electrons. The molecular formula is C12H15BrOS. The smallest absolute Gasteiger partial charge is 0.167 e. The van der Waals surface area contributed by atoms with Gasteiger partial charge in [-0.15, -0.1) is 11.3 Å². The highest BCUT2D eigenvalue weighted by molar-refractivity contribution is 9.11. The first kappa shape index (κ1) is 11.3. The van der Waals surface area contributed by atoms with Gasteiger partial charge in [-0.3, -0.25) is 4.79 Å². The van der Waals surface area contributed by atoms with Crippen LogP contribution in [0, 0.1) is 12.8 Å². The molecule has 0 bridgehead atoms. The third kappa shape index (κ3) is 2.51. The minimum Gasteiger partial charge on any atom is -0.294 e. The van der Waals surface area contributed by atoms with Crippen LogP contribution in [0.4, 0.5) is 0 Å². The number of halogens is 1. The van der Waals surface area contributed by atoms with Gasteiger partial charge in [0.05, 0.1) is 3.79 Å². The Bertz CT molecular complexity index is 364. The summed E-state index contributed by atoms with van der Waals surface area (Å²) in [6.45, 7) is 2.03. The topological polar surface area (TPSA) is 17.1 Å². The molecule has 0 amide bonds. The van der Waals surface area contributed by atoms with Crippen LogP contribution in [0.2, 0.25) is 0 Å². The summed E-state index contributed by atoms with van der Waals surface area (Å²) >= 11 is 5.10. The summed E-state index contributed by atoms with van der Waals surface area (Å²) < 4.78 is 1.07. The molecule has 1 aliphatic carbocycles. The lowest BCUT2D eigenvalue weighted by atomic mass is 9.84. The van der Waals surface area contributed by atoms with Crippen molar-refractivity contribution in [3.63, 3.8) is 0 Å². The molecule has 0 aliphatic heterocycles. The Balaban J connectivity index is 2.16. The van der Waals surface area contributed by atoms with Gasteiger partial charge >= 0.3 is 0 Å². The summed E-state index contributed by atoms with van der Waals surface area (Å²) in [4.78, 5) is 13.4. The second-order valence-electron chi connectivity index (χ2n) is 4.22. The summed E-state index contributed by atoms with van der Waals surface area (Å²) in [5.74, 6) is 0.660. The van der Waals surface area contributed by atoms with Gasteiger partial charge in [0.1, 0.15) is 0 Å². The van der Waals surface area contributed by atoms with Crippen molar-refractivity contribution in [2.75, 3.05) is 0 Å². The highest BCUT2D eigenvalue weighted by Gasteiger charge is 2.24. The predicted molar refractivity (Wildman–Crippen MR) is 67.7 cm³/mol. The fourth-order valence-electron chi connectivity index (χ4n) is 2.28. The van der Waals surface area contributed by atoms with E-state index < -0.39 is 0 Å². The zero-order valence-electron chi connectivity index (χ0n) is 8.88. The molecule has 82 valence electrons. The molecule has 1 aliphatic rings. The quantitative estimate of drug-likeness (QED) is 0.727. The molecule has 15 heavy (non-hydrogen) atoms. The summed E-state index contributed by atoms with van der Waals surface area (Å²) in [6.07, 6.45) is 5.93. The van der Waals surface area contributed by atoms with Crippen LogP contribution in [0.25, 0.3) is 0 Å². The Hall–Kier alpha value is -0.150. The second kappa shape index (κ2) is 4.79. The fraction of sp³-hybridized carbons (Fsp3) is 0.583. The average molecular weight is 287 g/mol. The van der Waals surface area contributed by atoms with Crippen LogP contribution in [0.15, 0.2) is 9.85 Å². The van der Waals surface area contributed by atoms with E-state index in [0.29, 0.717) is 11.7 Å². The van der Waals surface area contributed by atoms with Gasteiger partial charge in [-0.1, -0.05) is 19.3 Å². The molecule has 1 nitrogen and oxygen atoms in total. The van der Waals surface area contributed by atoms with E-state index in [4.69, 9.17) is 0 Å². The van der Waals surface area contributed by atoms with Gasteiger partial charge in [-0.25, -0.2) is 0 Å². The fourth-order valence-corrected chi connectivity index (χ4v) is 3.97. The number of thiophene rings is 1. The minimum absolute atomic E-state index is 0.291. The highest BCUT2D eigenvalue weighted by atomic mass is 79.9. The lowest BCUT2D eigenvalue weighted by Crippen LogP contribution is -2.17. The monoisotopic (exact) mass is 286 g/mol. The predicted octanol–water partition coefficient (Wildman–Crippen LogP) is 4.58. The molecule has 1 aromatic rings. The van der Waals surface area contributed by atoms with Crippen molar-refractivity contribution in [3.05, 3.63) is 20.3 Å². The van der Waals surface area contributed by atoms with E-state index in [1.54, 1.807) is 11.3 Å². The lowest BCUT2D eigenvalue weighted by molar-refractivity contribution is 0.0889. The maximum absolute atomic E-state index is 12.2. The van der Waals surface area contributed by atoms with Crippen LogP contribution in [0.1, 0.15) is 47.3 Å². The molecule has 0 aromatic carbocycles. The van der Waals surface area contributed by atoms with Gasteiger partial charge in [0.25, 0.3) is 0 Å². The standard InChI is InChI=1S/C12H15BrOS/c1-8-10(7-11(13)15-8)12(14)9-5-3-2-4-6-9/h7,9H,2-6H2,1H3. The molecule has 1 heterocycles. The van der Waals surface area contributed by atoms with Crippen molar-refractivity contribution < 1.29 is 4.79 Å². The van der Waals surface area contributed by atoms with Gasteiger partial charge < -0.3 is 0 Å². The van der Waals surface area contributed by atoms with Gasteiger partial charge in [0, 0.05) is 16.4 Å². The van der Waals surface area contributed by atoms with Gasteiger partial charge in [-0.2, -0.15) is 0 Å². The molecule has 0 saturated heterocycles. The minimum atomic E-state index is 0.291. The second-order valence-corrected chi connectivity index (χ2v) is 6.86. The Morgan fingerprint density at radius 1 is 1.40 bits per heavy atom. The first-order valence-corrected chi connectivity index (χ1v) is 7.09. The van der Waals surface area contributed by atoms with E-state index in [2.05, 4.69) is 15.9 Å². The van der Waals surface area contributed by atoms with E-state index >= 15 is 0 Å². The van der Waals surface area contributed by atoms with E-state index in [1.807, 2.05) is 13.0 Å².